The molecule has 0 heterocycles. The predicted molar refractivity (Wildman–Crippen MR) is 215 cm³/mol. The van der Waals surface area contributed by atoms with Crippen molar-refractivity contribution < 1.29 is 10.2 Å². The van der Waals surface area contributed by atoms with Gasteiger partial charge in [-0.05, 0) is 37.3 Å². The topological polar surface area (TPSA) is 40.5 Å². The second kappa shape index (κ2) is 35.6. The molecule has 0 radical (unpaired) electrons. The van der Waals surface area contributed by atoms with E-state index in [9.17, 15) is 10.2 Å². The Labute approximate surface area is 302 Å². The van der Waals surface area contributed by atoms with Crippen molar-refractivity contribution in [2.24, 2.45) is 0 Å². The lowest BCUT2D eigenvalue weighted by Crippen LogP contribution is -1.97. The van der Waals surface area contributed by atoms with E-state index < -0.39 is 0 Å². The predicted octanol–water partition coefficient (Wildman–Crippen LogP) is 16.3. The number of benzene rings is 1. The van der Waals surface area contributed by atoms with Gasteiger partial charge in [0.25, 0.3) is 0 Å². The molecule has 1 rings (SSSR count). The fraction of sp³-hybridized carbons (Fsp3) is 0.870. The molecule has 1 aromatic rings. The van der Waals surface area contributed by atoms with Gasteiger partial charge in [0.05, 0.1) is 0 Å². The molecule has 0 bridgehead atoms. The normalized spacial score (nSPS) is 11.5. The molecule has 0 unspecified atom stereocenters. The largest absolute Gasteiger partial charge is 0.504 e. The van der Waals surface area contributed by atoms with Crippen LogP contribution in [-0.4, -0.2) is 10.2 Å². The zero-order valence-corrected chi connectivity index (χ0v) is 32.9. The van der Waals surface area contributed by atoms with Crippen molar-refractivity contribution in [2.75, 3.05) is 0 Å². The lowest BCUT2D eigenvalue weighted by Gasteiger charge is -2.13. The molecule has 0 aliphatic rings. The van der Waals surface area contributed by atoms with Crippen LogP contribution in [0.4, 0.5) is 0 Å². The van der Waals surface area contributed by atoms with Crippen molar-refractivity contribution >= 4 is 0 Å². The Hall–Kier alpha value is -1.18. The first-order valence-electron chi connectivity index (χ1n) is 22.2. The Morgan fingerprint density at radius 3 is 0.854 bits per heavy atom. The first-order valence-corrected chi connectivity index (χ1v) is 22.2. The van der Waals surface area contributed by atoms with Gasteiger partial charge in [0.1, 0.15) is 0 Å². The average molecular weight is 671 g/mol. The van der Waals surface area contributed by atoms with Gasteiger partial charge in [-0.25, -0.2) is 0 Å². The zero-order chi connectivity index (χ0) is 34.6. The molecule has 0 atom stereocenters. The lowest BCUT2D eigenvalue weighted by molar-refractivity contribution is 0.397. The van der Waals surface area contributed by atoms with Gasteiger partial charge < -0.3 is 10.2 Å². The number of phenols is 2. The molecule has 1 aromatic carbocycles. The maximum absolute atomic E-state index is 10.6. The van der Waals surface area contributed by atoms with Crippen molar-refractivity contribution in [3.8, 4) is 11.5 Å². The summed E-state index contributed by atoms with van der Waals surface area (Å²) in [5, 5.41) is 20.8. The molecule has 282 valence electrons. The van der Waals surface area contributed by atoms with E-state index in [1.807, 2.05) is 0 Å². The number of phenolic OH excluding ortho intramolecular Hbond substituents is 2. The van der Waals surface area contributed by atoms with Gasteiger partial charge in [-0.1, -0.05) is 238 Å². The van der Waals surface area contributed by atoms with Crippen LogP contribution in [0.5, 0.6) is 11.5 Å². The highest BCUT2D eigenvalue weighted by atomic mass is 16.3. The van der Waals surface area contributed by atoms with Gasteiger partial charge in [0, 0.05) is 5.56 Å². The zero-order valence-electron chi connectivity index (χ0n) is 32.9. The van der Waals surface area contributed by atoms with Crippen molar-refractivity contribution in [3.63, 3.8) is 0 Å². The minimum absolute atomic E-state index is 0.0500. The molecule has 0 spiro atoms. The van der Waals surface area contributed by atoms with E-state index in [4.69, 9.17) is 0 Å². The number of rotatable bonds is 38. The Kier molecular flexibility index (Phi) is 33.3. The van der Waals surface area contributed by atoms with Crippen molar-refractivity contribution in [3.05, 3.63) is 23.3 Å². The van der Waals surface area contributed by atoms with E-state index in [1.54, 1.807) is 6.07 Å². The molecule has 2 heteroatoms. The Balaban J connectivity index is 1.97. The first kappa shape index (κ1) is 44.8. The molecule has 0 aromatic heterocycles. The summed E-state index contributed by atoms with van der Waals surface area (Å²) in [7, 11) is 0. The van der Waals surface area contributed by atoms with Crippen LogP contribution in [0.3, 0.4) is 0 Å². The number of hydrogen-bond donors (Lipinski definition) is 2. The van der Waals surface area contributed by atoms with Crippen molar-refractivity contribution in [1.29, 1.82) is 0 Å². The molecule has 0 amide bonds. The second-order valence-electron chi connectivity index (χ2n) is 15.6. The second-order valence-corrected chi connectivity index (χ2v) is 15.6. The Morgan fingerprint density at radius 2 is 0.562 bits per heavy atom. The van der Waals surface area contributed by atoms with E-state index >= 15 is 0 Å². The maximum atomic E-state index is 10.6. The molecular weight excluding hydrogens is 585 g/mol. The third-order valence-corrected chi connectivity index (χ3v) is 10.9. The minimum atomic E-state index is 0.0500. The monoisotopic (exact) mass is 671 g/mol. The smallest absolute Gasteiger partial charge is 0.160 e. The lowest BCUT2D eigenvalue weighted by atomic mass is 9.95. The van der Waals surface area contributed by atoms with E-state index in [-0.39, 0.29) is 11.5 Å². The fourth-order valence-corrected chi connectivity index (χ4v) is 7.60. The summed E-state index contributed by atoms with van der Waals surface area (Å²) in [6, 6.07) is 3.76. The third-order valence-electron chi connectivity index (χ3n) is 10.9. The summed E-state index contributed by atoms with van der Waals surface area (Å²) in [6.07, 6.45) is 52.1. The fourth-order valence-electron chi connectivity index (χ4n) is 7.60. The highest BCUT2D eigenvalue weighted by Gasteiger charge is 2.12. The van der Waals surface area contributed by atoms with E-state index in [0.29, 0.717) is 0 Å². The molecular formula is C46H86O2. The van der Waals surface area contributed by atoms with Crippen molar-refractivity contribution in [1.82, 2.24) is 0 Å². The van der Waals surface area contributed by atoms with Crippen LogP contribution < -0.4 is 0 Å². The van der Waals surface area contributed by atoms with Crippen LogP contribution >= 0.6 is 0 Å². The quantitative estimate of drug-likeness (QED) is 0.0543. The SMILES string of the molecule is CCCCCCCCCCCCCCCCCCCCc1ccc(O)c(O)c1CCCCCCCCCCCCCCCCCCCC. The van der Waals surface area contributed by atoms with Gasteiger partial charge in [0.15, 0.2) is 11.5 Å². The minimum Gasteiger partial charge on any atom is -0.504 e. The van der Waals surface area contributed by atoms with Gasteiger partial charge >= 0.3 is 0 Å². The summed E-state index contributed by atoms with van der Waals surface area (Å²) < 4.78 is 0. The molecule has 2 N–H and O–H groups in total. The summed E-state index contributed by atoms with van der Waals surface area (Å²) in [4.78, 5) is 0. The van der Waals surface area contributed by atoms with E-state index in [1.165, 1.54) is 230 Å². The molecule has 0 saturated heterocycles. The van der Waals surface area contributed by atoms with E-state index in [0.717, 1.165) is 24.8 Å². The summed E-state index contributed by atoms with van der Waals surface area (Å²) in [5.74, 6) is 0.191. The van der Waals surface area contributed by atoms with Gasteiger partial charge in [-0.15, -0.1) is 0 Å². The third kappa shape index (κ3) is 27.6. The number of aromatic hydroxyl groups is 2. The van der Waals surface area contributed by atoms with Crippen LogP contribution in [0, 0.1) is 0 Å². The maximum Gasteiger partial charge on any atom is 0.160 e. The Morgan fingerprint density at radius 1 is 0.312 bits per heavy atom. The molecule has 48 heavy (non-hydrogen) atoms. The Bertz CT molecular complexity index is 786. The molecule has 0 aliphatic heterocycles. The highest BCUT2D eigenvalue weighted by Crippen LogP contribution is 2.33. The first-order chi connectivity index (χ1) is 23.7. The highest BCUT2D eigenvalue weighted by molar-refractivity contribution is 5.49. The van der Waals surface area contributed by atoms with Crippen LogP contribution in [0.2, 0.25) is 0 Å². The van der Waals surface area contributed by atoms with Gasteiger partial charge in [0.2, 0.25) is 0 Å². The van der Waals surface area contributed by atoms with Crippen LogP contribution in [-0.2, 0) is 12.8 Å². The van der Waals surface area contributed by atoms with Crippen LogP contribution in [0.15, 0.2) is 12.1 Å². The van der Waals surface area contributed by atoms with Crippen molar-refractivity contribution in [2.45, 2.75) is 258 Å². The summed E-state index contributed by atoms with van der Waals surface area (Å²) in [5.41, 5.74) is 2.27. The summed E-state index contributed by atoms with van der Waals surface area (Å²) in [6.45, 7) is 4.59. The number of unbranched alkanes of at least 4 members (excludes halogenated alkanes) is 34. The number of hydrogen-bond acceptors (Lipinski definition) is 2. The average Bonchev–Trinajstić information content (AvgIpc) is 3.09. The molecule has 0 fully saturated rings. The summed E-state index contributed by atoms with van der Waals surface area (Å²) >= 11 is 0. The van der Waals surface area contributed by atoms with Crippen LogP contribution in [0.1, 0.15) is 256 Å². The number of aryl methyl sites for hydroxylation is 1. The molecule has 0 saturated carbocycles. The van der Waals surface area contributed by atoms with Crippen LogP contribution in [0.25, 0.3) is 0 Å². The van der Waals surface area contributed by atoms with E-state index in [2.05, 4.69) is 19.9 Å². The van der Waals surface area contributed by atoms with Gasteiger partial charge in [-0.3, -0.25) is 0 Å². The molecule has 0 aliphatic carbocycles. The standard InChI is InChI=1S/C46H86O2/c1-3-5-7-9-11-13-15-17-19-21-23-25-27-29-31-33-35-37-39-43-41-42-45(47)46(48)44(43)40-38-36-34-32-30-28-26-24-22-20-18-16-14-12-10-8-6-4-2/h41-42,47-48H,3-40H2,1-2H3. The van der Waals surface area contributed by atoms with Gasteiger partial charge in [-0.2, -0.15) is 0 Å². The molecule has 2 nitrogen and oxygen atoms in total.